The molecule has 0 radical (unpaired) electrons. The maximum atomic E-state index is 14.9. The number of halogens is 1. The van der Waals surface area contributed by atoms with Crippen LogP contribution in [-0.2, 0) is 19.1 Å². The van der Waals surface area contributed by atoms with Crippen molar-refractivity contribution >= 4 is 40.7 Å². The summed E-state index contributed by atoms with van der Waals surface area (Å²) in [5.74, 6) is -2.17. The molecule has 6 rings (SSSR count). The predicted molar refractivity (Wildman–Crippen MR) is 185 cm³/mol. The number of rotatable bonds is 13. The number of fused-ring (bicyclic) bond motifs is 1. The molecule has 3 saturated heterocycles. The van der Waals surface area contributed by atoms with Gasteiger partial charge in [-0.3, -0.25) is 14.4 Å². The number of carbonyl (C=O) groups is 3. The lowest BCUT2D eigenvalue weighted by atomic mass is 9.70. The van der Waals surface area contributed by atoms with Crippen molar-refractivity contribution in [1.82, 2.24) is 4.90 Å². The van der Waals surface area contributed by atoms with Crippen molar-refractivity contribution in [1.29, 1.82) is 0 Å². The maximum absolute atomic E-state index is 14.9. The molecule has 3 aromatic carbocycles. The van der Waals surface area contributed by atoms with E-state index in [4.69, 9.17) is 21.1 Å². The molecule has 48 heavy (non-hydrogen) atoms. The normalized spacial score (nSPS) is 24.6. The van der Waals surface area contributed by atoms with Crippen molar-refractivity contribution in [2.45, 2.75) is 43.6 Å². The molecule has 2 bridgehead atoms. The van der Waals surface area contributed by atoms with Crippen molar-refractivity contribution in [3.05, 3.63) is 115 Å². The zero-order chi connectivity index (χ0) is 34.0. The molecule has 0 aliphatic carbocycles. The molecule has 0 aromatic heterocycles. The lowest BCUT2D eigenvalue weighted by Gasteiger charge is -2.39. The Morgan fingerprint density at radius 3 is 2.19 bits per heavy atom. The van der Waals surface area contributed by atoms with Crippen LogP contribution in [0.15, 0.2) is 104 Å². The van der Waals surface area contributed by atoms with E-state index < -0.39 is 48.1 Å². The van der Waals surface area contributed by atoms with Gasteiger partial charge in [0, 0.05) is 29.5 Å². The molecule has 6 atom stereocenters. The minimum Gasteiger partial charge on any atom is -0.494 e. The van der Waals surface area contributed by atoms with Gasteiger partial charge in [0.15, 0.2) is 0 Å². The molecule has 1 spiro atoms. The van der Waals surface area contributed by atoms with Gasteiger partial charge in [0.05, 0.1) is 37.2 Å². The summed E-state index contributed by atoms with van der Waals surface area (Å²) in [6.07, 6.45) is 3.61. The van der Waals surface area contributed by atoms with E-state index in [2.05, 4.69) is 13.2 Å². The van der Waals surface area contributed by atoms with Crippen molar-refractivity contribution in [3.8, 4) is 5.75 Å². The van der Waals surface area contributed by atoms with Crippen LogP contribution in [0.5, 0.6) is 5.75 Å². The minimum absolute atomic E-state index is 0.158. The first-order chi connectivity index (χ1) is 23.3. The Labute approximate surface area is 286 Å². The molecular formula is C38H40ClN3O6. The summed E-state index contributed by atoms with van der Waals surface area (Å²) in [6.45, 7) is 10.1. The topological polar surface area (TPSA) is 99.6 Å². The molecule has 9 nitrogen and oxygen atoms in total. The van der Waals surface area contributed by atoms with Crippen molar-refractivity contribution in [2.24, 2.45) is 11.8 Å². The summed E-state index contributed by atoms with van der Waals surface area (Å²) < 4.78 is 12.3. The van der Waals surface area contributed by atoms with Crippen molar-refractivity contribution < 1.29 is 29.0 Å². The molecule has 0 saturated carbocycles. The monoisotopic (exact) mass is 669 g/mol. The first kappa shape index (κ1) is 33.5. The number of anilines is 2. The van der Waals surface area contributed by atoms with E-state index in [1.807, 2.05) is 49.4 Å². The molecule has 3 aromatic rings. The van der Waals surface area contributed by atoms with Gasteiger partial charge in [-0.05, 0) is 73.9 Å². The Morgan fingerprint density at radius 2 is 1.60 bits per heavy atom. The van der Waals surface area contributed by atoms with Gasteiger partial charge in [-0.1, -0.05) is 54.1 Å². The number of amides is 3. The van der Waals surface area contributed by atoms with Crippen LogP contribution in [0.2, 0.25) is 5.02 Å². The van der Waals surface area contributed by atoms with Crippen LogP contribution < -0.4 is 14.5 Å². The highest BCUT2D eigenvalue weighted by atomic mass is 35.5. The molecule has 10 heteroatoms. The summed E-state index contributed by atoms with van der Waals surface area (Å²) in [5.41, 5.74) is 0.591. The van der Waals surface area contributed by atoms with Crippen LogP contribution in [0.1, 0.15) is 31.4 Å². The Hall–Kier alpha value is -4.44. The van der Waals surface area contributed by atoms with Gasteiger partial charge in [0.2, 0.25) is 11.8 Å². The SMILES string of the molecule is C=CCN(C(=O)C1N([C@H](CO)c2ccccc2)C(=O)[C@@H]2[C@H](C(=O)N(CC=C)c3ccc(OCC)cc3)[C@@H]3CCC12O3)c1ccc(Cl)cc1. The highest BCUT2D eigenvalue weighted by Crippen LogP contribution is 2.60. The van der Waals surface area contributed by atoms with Crippen molar-refractivity contribution in [2.75, 3.05) is 36.1 Å². The van der Waals surface area contributed by atoms with Gasteiger partial charge in [0.25, 0.3) is 5.91 Å². The van der Waals surface area contributed by atoms with E-state index in [0.29, 0.717) is 47.2 Å². The number of hydrogen-bond donors (Lipinski definition) is 1. The Kier molecular flexibility index (Phi) is 9.73. The van der Waals surface area contributed by atoms with Crippen LogP contribution in [-0.4, -0.2) is 71.8 Å². The van der Waals surface area contributed by atoms with Crippen LogP contribution >= 0.6 is 11.6 Å². The van der Waals surface area contributed by atoms with E-state index in [0.717, 1.165) is 0 Å². The van der Waals surface area contributed by atoms with Gasteiger partial charge in [-0.2, -0.15) is 0 Å². The second-order valence-electron chi connectivity index (χ2n) is 12.3. The fourth-order valence-corrected chi connectivity index (χ4v) is 7.88. The lowest BCUT2D eigenvalue weighted by Crippen LogP contribution is -2.57. The molecule has 3 heterocycles. The third-order valence-corrected chi connectivity index (χ3v) is 9.96. The van der Waals surface area contributed by atoms with E-state index in [-0.39, 0.29) is 24.9 Å². The first-order valence-corrected chi connectivity index (χ1v) is 16.7. The van der Waals surface area contributed by atoms with Crippen LogP contribution in [0, 0.1) is 11.8 Å². The fraction of sp³-hybridized carbons (Fsp3) is 0.342. The molecule has 3 aliphatic rings. The number of ether oxygens (including phenoxy) is 2. The number of benzene rings is 3. The average Bonchev–Trinajstić information content (AvgIpc) is 3.75. The number of carbonyl (C=O) groups excluding carboxylic acids is 3. The molecule has 1 N–H and O–H groups in total. The number of nitrogens with zero attached hydrogens (tertiary/aromatic N) is 3. The van der Waals surface area contributed by atoms with E-state index in [1.54, 1.807) is 58.4 Å². The molecule has 3 aliphatic heterocycles. The van der Waals surface area contributed by atoms with Crippen LogP contribution in [0.3, 0.4) is 0 Å². The van der Waals surface area contributed by atoms with E-state index in [1.165, 1.54) is 4.90 Å². The highest BCUT2D eigenvalue weighted by molar-refractivity contribution is 6.30. The summed E-state index contributed by atoms with van der Waals surface area (Å²) in [4.78, 5) is 49.1. The number of likely N-dealkylation sites (tertiary alicyclic amines) is 1. The smallest absolute Gasteiger partial charge is 0.253 e. The molecule has 2 unspecified atom stereocenters. The fourth-order valence-electron chi connectivity index (χ4n) is 7.76. The number of aliphatic hydroxyl groups excluding tert-OH is 1. The largest absolute Gasteiger partial charge is 0.494 e. The second kappa shape index (κ2) is 14.0. The summed E-state index contributed by atoms with van der Waals surface area (Å²) in [7, 11) is 0. The highest BCUT2D eigenvalue weighted by Gasteiger charge is 2.75. The van der Waals surface area contributed by atoms with Crippen LogP contribution in [0.25, 0.3) is 0 Å². The van der Waals surface area contributed by atoms with Gasteiger partial charge in [-0.15, -0.1) is 13.2 Å². The summed E-state index contributed by atoms with van der Waals surface area (Å²) in [6, 6.07) is 21.3. The third-order valence-electron chi connectivity index (χ3n) is 9.70. The molecule has 3 fully saturated rings. The Bertz CT molecular complexity index is 1670. The zero-order valence-electron chi connectivity index (χ0n) is 26.9. The molecule has 3 amide bonds. The third kappa shape index (κ3) is 5.70. The van der Waals surface area contributed by atoms with Crippen molar-refractivity contribution in [3.63, 3.8) is 0 Å². The second-order valence-corrected chi connectivity index (χ2v) is 12.7. The predicted octanol–water partition coefficient (Wildman–Crippen LogP) is 5.59. The van der Waals surface area contributed by atoms with Gasteiger partial charge < -0.3 is 29.3 Å². The maximum Gasteiger partial charge on any atom is 0.253 e. The minimum atomic E-state index is -1.29. The van der Waals surface area contributed by atoms with Crippen LogP contribution in [0.4, 0.5) is 11.4 Å². The van der Waals surface area contributed by atoms with E-state index >= 15 is 0 Å². The summed E-state index contributed by atoms with van der Waals surface area (Å²) >= 11 is 6.18. The average molecular weight is 670 g/mol. The zero-order valence-corrected chi connectivity index (χ0v) is 27.7. The molecular weight excluding hydrogens is 630 g/mol. The first-order valence-electron chi connectivity index (χ1n) is 16.3. The Morgan fingerprint density at radius 1 is 1.00 bits per heavy atom. The number of hydrogen-bond acceptors (Lipinski definition) is 6. The van der Waals surface area contributed by atoms with E-state index in [9.17, 15) is 19.5 Å². The molecule has 250 valence electrons. The van der Waals surface area contributed by atoms with Gasteiger partial charge in [0.1, 0.15) is 17.4 Å². The number of aliphatic hydroxyl groups is 1. The lowest BCUT2D eigenvalue weighted by molar-refractivity contribution is -0.144. The quantitative estimate of drug-likeness (QED) is 0.239. The Balaban J connectivity index is 1.44. The standard InChI is InChI=1S/C38H40ClN3O6/c1-4-22-40(28-16-18-29(19-17-28)47-6-3)35(44)32-31-20-21-38(48-31)33(32)36(45)42(30(24-43)25-10-8-7-9-11-25)34(38)37(46)41(23-5-2)27-14-12-26(39)13-15-27/h4-5,7-19,30-34,43H,1-2,6,20-24H2,3H3/t30-,31+,32-,33+,34?,38?/m1/s1. The van der Waals surface area contributed by atoms with Gasteiger partial charge >= 0.3 is 0 Å². The summed E-state index contributed by atoms with van der Waals surface area (Å²) in [5, 5.41) is 11.3. The van der Waals surface area contributed by atoms with Gasteiger partial charge in [-0.25, -0.2) is 0 Å².